The lowest BCUT2D eigenvalue weighted by atomic mass is 9.94. The van der Waals surface area contributed by atoms with Gasteiger partial charge in [0.05, 0.1) is 23.7 Å². The number of sulfonamides is 1. The van der Waals surface area contributed by atoms with Crippen LogP contribution in [0, 0.1) is 11.8 Å². The number of nitrogens with zero attached hydrogens (tertiary/aromatic N) is 1. The predicted octanol–water partition coefficient (Wildman–Crippen LogP) is 3.24. The van der Waals surface area contributed by atoms with Gasteiger partial charge in [-0.05, 0) is 61.6 Å². The molecule has 8 heteroatoms. The standard InChI is InChI=1S/C21H29N3O4S/c1-15-11-16(2)14-24(13-15)29(26,27)19-8-6-18(7-9-19)23-21(25)12-22-17(3)20-5-4-10-28-20/h4-10,15-17,22H,11-14H2,1-3H3,(H,23,25)/t15-,16-,17-/m0/s1. The van der Waals surface area contributed by atoms with Crippen LogP contribution in [0.1, 0.15) is 39.0 Å². The zero-order valence-electron chi connectivity index (χ0n) is 17.1. The SMILES string of the molecule is C[C@H]1C[C@H](C)CN(S(=O)(=O)c2ccc(NC(=O)CN[C@@H](C)c3ccco3)cc2)C1. The number of hydrogen-bond donors (Lipinski definition) is 2. The van der Waals surface area contributed by atoms with Gasteiger partial charge < -0.3 is 9.73 Å². The minimum absolute atomic E-state index is 0.0856. The molecule has 2 N–H and O–H groups in total. The summed E-state index contributed by atoms with van der Waals surface area (Å²) in [5.41, 5.74) is 0.557. The first-order valence-corrected chi connectivity index (χ1v) is 11.4. The third-order valence-electron chi connectivity index (χ3n) is 5.15. The van der Waals surface area contributed by atoms with Crippen molar-refractivity contribution in [1.82, 2.24) is 9.62 Å². The molecule has 0 radical (unpaired) electrons. The monoisotopic (exact) mass is 419 g/mol. The van der Waals surface area contributed by atoms with Gasteiger partial charge in [-0.25, -0.2) is 8.42 Å². The maximum atomic E-state index is 12.9. The molecule has 158 valence electrons. The molecule has 1 aliphatic rings. The van der Waals surface area contributed by atoms with Gasteiger partial charge in [0.2, 0.25) is 15.9 Å². The largest absolute Gasteiger partial charge is 0.468 e. The molecule has 1 amide bonds. The number of rotatable bonds is 7. The van der Waals surface area contributed by atoms with Crippen molar-refractivity contribution < 1.29 is 17.6 Å². The Balaban J connectivity index is 1.57. The number of amides is 1. The minimum Gasteiger partial charge on any atom is -0.468 e. The Kier molecular flexibility index (Phi) is 6.77. The van der Waals surface area contributed by atoms with Crippen molar-refractivity contribution in [3.8, 4) is 0 Å². The molecule has 3 atom stereocenters. The number of hydrogen-bond acceptors (Lipinski definition) is 5. The number of carbonyl (C=O) groups excluding carboxylic acids is 1. The molecule has 1 aromatic carbocycles. The molecule has 1 aromatic heterocycles. The van der Waals surface area contributed by atoms with Crippen LogP contribution in [0.4, 0.5) is 5.69 Å². The number of piperidine rings is 1. The first-order valence-electron chi connectivity index (χ1n) is 9.92. The second-order valence-electron chi connectivity index (χ2n) is 7.96. The van der Waals surface area contributed by atoms with Crippen molar-refractivity contribution in [3.05, 3.63) is 48.4 Å². The molecule has 1 aliphatic heterocycles. The van der Waals surface area contributed by atoms with Crippen LogP contribution in [0.15, 0.2) is 52.0 Å². The fourth-order valence-electron chi connectivity index (χ4n) is 3.75. The summed E-state index contributed by atoms with van der Waals surface area (Å²) < 4.78 is 32.7. The maximum Gasteiger partial charge on any atom is 0.243 e. The third-order valence-corrected chi connectivity index (χ3v) is 7.00. The lowest BCUT2D eigenvalue weighted by molar-refractivity contribution is -0.115. The number of anilines is 1. The van der Waals surface area contributed by atoms with Gasteiger partial charge in [0.15, 0.2) is 0 Å². The van der Waals surface area contributed by atoms with Crippen LogP contribution in [0.3, 0.4) is 0 Å². The molecule has 0 aliphatic carbocycles. The van der Waals surface area contributed by atoms with E-state index < -0.39 is 10.0 Å². The van der Waals surface area contributed by atoms with Gasteiger partial charge in [0.1, 0.15) is 5.76 Å². The van der Waals surface area contributed by atoms with E-state index in [2.05, 4.69) is 24.5 Å². The topological polar surface area (TPSA) is 91.7 Å². The fraction of sp³-hybridized carbons (Fsp3) is 0.476. The van der Waals surface area contributed by atoms with Gasteiger partial charge in [-0.2, -0.15) is 4.31 Å². The molecule has 1 saturated heterocycles. The van der Waals surface area contributed by atoms with Crippen molar-refractivity contribution in [3.63, 3.8) is 0 Å². The summed E-state index contributed by atoms with van der Waals surface area (Å²) >= 11 is 0. The minimum atomic E-state index is -3.52. The Morgan fingerprint density at radius 3 is 2.41 bits per heavy atom. The van der Waals surface area contributed by atoms with Crippen LogP contribution in [-0.2, 0) is 14.8 Å². The van der Waals surface area contributed by atoms with Crippen LogP contribution in [0.25, 0.3) is 0 Å². The van der Waals surface area contributed by atoms with Gasteiger partial charge in [0, 0.05) is 18.8 Å². The van der Waals surface area contributed by atoms with E-state index in [4.69, 9.17) is 4.42 Å². The smallest absolute Gasteiger partial charge is 0.243 e. The molecule has 2 heterocycles. The Hall–Kier alpha value is -2.16. The van der Waals surface area contributed by atoms with E-state index in [0.29, 0.717) is 30.6 Å². The summed E-state index contributed by atoms with van der Waals surface area (Å²) in [6.45, 7) is 7.28. The van der Waals surface area contributed by atoms with E-state index >= 15 is 0 Å². The molecular formula is C21H29N3O4S. The number of nitrogens with one attached hydrogen (secondary N) is 2. The number of benzene rings is 1. The van der Waals surface area contributed by atoms with Crippen molar-refractivity contribution in [2.45, 2.75) is 38.1 Å². The van der Waals surface area contributed by atoms with Crippen molar-refractivity contribution in [1.29, 1.82) is 0 Å². The zero-order valence-corrected chi connectivity index (χ0v) is 17.9. The average molecular weight is 420 g/mol. The van der Waals surface area contributed by atoms with Gasteiger partial charge >= 0.3 is 0 Å². The Morgan fingerprint density at radius 1 is 1.17 bits per heavy atom. The summed E-state index contributed by atoms with van der Waals surface area (Å²) in [7, 11) is -3.52. The van der Waals surface area contributed by atoms with E-state index in [0.717, 1.165) is 12.2 Å². The zero-order chi connectivity index (χ0) is 21.0. The molecule has 0 spiro atoms. The van der Waals surface area contributed by atoms with E-state index in [1.54, 1.807) is 40.9 Å². The van der Waals surface area contributed by atoms with Crippen LogP contribution in [-0.4, -0.2) is 38.3 Å². The molecule has 3 rings (SSSR count). The molecule has 29 heavy (non-hydrogen) atoms. The van der Waals surface area contributed by atoms with Gasteiger partial charge in [-0.1, -0.05) is 13.8 Å². The van der Waals surface area contributed by atoms with E-state index in [9.17, 15) is 13.2 Å². The summed E-state index contributed by atoms with van der Waals surface area (Å²) in [5.74, 6) is 1.25. The highest BCUT2D eigenvalue weighted by molar-refractivity contribution is 7.89. The second-order valence-corrected chi connectivity index (χ2v) is 9.90. The van der Waals surface area contributed by atoms with Crippen LogP contribution in [0.2, 0.25) is 0 Å². The third kappa shape index (κ3) is 5.46. The first kappa shape index (κ1) is 21.5. The molecule has 0 saturated carbocycles. The molecule has 0 bridgehead atoms. The average Bonchev–Trinajstić information content (AvgIpc) is 3.21. The lowest BCUT2D eigenvalue weighted by Crippen LogP contribution is -2.42. The van der Waals surface area contributed by atoms with E-state index in [1.807, 2.05) is 13.0 Å². The maximum absolute atomic E-state index is 12.9. The Labute approximate surface area is 172 Å². The Bertz CT molecular complexity index is 900. The number of furan rings is 1. The quantitative estimate of drug-likeness (QED) is 0.719. The van der Waals surface area contributed by atoms with Crippen molar-refractivity contribution >= 4 is 21.6 Å². The van der Waals surface area contributed by atoms with Crippen LogP contribution in [0.5, 0.6) is 0 Å². The first-order chi connectivity index (χ1) is 13.8. The summed E-state index contributed by atoms with van der Waals surface area (Å²) in [6, 6.07) is 9.90. The molecule has 7 nitrogen and oxygen atoms in total. The van der Waals surface area contributed by atoms with Crippen LogP contribution < -0.4 is 10.6 Å². The highest BCUT2D eigenvalue weighted by atomic mass is 32.2. The van der Waals surface area contributed by atoms with Gasteiger partial charge in [-0.15, -0.1) is 0 Å². The fourth-order valence-corrected chi connectivity index (χ4v) is 5.43. The van der Waals surface area contributed by atoms with Gasteiger partial charge in [-0.3, -0.25) is 10.1 Å². The summed E-state index contributed by atoms with van der Waals surface area (Å²) in [6.07, 6.45) is 2.64. The molecule has 1 fully saturated rings. The summed E-state index contributed by atoms with van der Waals surface area (Å²) in [4.78, 5) is 12.4. The Morgan fingerprint density at radius 2 is 1.83 bits per heavy atom. The van der Waals surface area contributed by atoms with Crippen molar-refractivity contribution in [2.24, 2.45) is 11.8 Å². The molecular weight excluding hydrogens is 390 g/mol. The lowest BCUT2D eigenvalue weighted by Gasteiger charge is -2.34. The highest BCUT2D eigenvalue weighted by Crippen LogP contribution is 2.27. The molecule has 0 unspecified atom stereocenters. The second kappa shape index (κ2) is 9.11. The van der Waals surface area contributed by atoms with Gasteiger partial charge in [0.25, 0.3) is 0 Å². The number of carbonyl (C=O) groups is 1. The highest BCUT2D eigenvalue weighted by Gasteiger charge is 2.31. The van der Waals surface area contributed by atoms with Crippen molar-refractivity contribution in [2.75, 3.05) is 25.0 Å². The van der Waals surface area contributed by atoms with E-state index in [1.165, 1.54) is 0 Å². The normalized spacial score (nSPS) is 21.6. The molecule has 2 aromatic rings. The van der Waals surface area contributed by atoms with E-state index in [-0.39, 0.29) is 23.4 Å². The summed E-state index contributed by atoms with van der Waals surface area (Å²) in [5, 5.41) is 5.86. The predicted molar refractivity (Wildman–Crippen MR) is 112 cm³/mol. The van der Waals surface area contributed by atoms with Crippen LogP contribution >= 0.6 is 0 Å².